The van der Waals surface area contributed by atoms with Crippen LogP contribution >= 0.6 is 0 Å². The van der Waals surface area contributed by atoms with Crippen LogP contribution in [0.5, 0.6) is 0 Å². The Morgan fingerprint density at radius 1 is 1.14 bits per heavy atom. The van der Waals surface area contributed by atoms with Crippen molar-refractivity contribution in [1.82, 2.24) is 4.98 Å². The Morgan fingerprint density at radius 3 is 2.57 bits per heavy atom. The molecule has 1 aromatic heterocycles. The number of benzene rings is 1. The predicted octanol–water partition coefficient (Wildman–Crippen LogP) is 3.13. The highest BCUT2D eigenvalue weighted by Crippen LogP contribution is 2.32. The van der Waals surface area contributed by atoms with Gasteiger partial charge in [-0.05, 0) is 43.5 Å². The number of ketones is 1. The minimum Gasteiger partial charge on any atom is -0.452 e. The highest BCUT2D eigenvalue weighted by Gasteiger charge is 2.27. The Kier molecular flexibility index (Phi) is 3.52. The van der Waals surface area contributed by atoms with Crippen molar-refractivity contribution in [3.63, 3.8) is 0 Å². The van der Waals surface area contributed by atoms with Gasteiger partial charge in [-0.15, -0.1) is 0 Å². The van der Waals surface area contributed by atoms with Gasteiger partial charge in [0.2, 0.25) is 0 Å². The van der Waals surface area contributed by atoms with Crippen molar-refractivity contribution in [3.8, 4) is 0 Å². The molecule has 4 nitrogen and oxygen atoms in total. The van der Waals surface area contributed by atoms with E-state index in [-0.39, 0.29) is 17.9 Å². The molecule has 0 saturated heterocycles. The van der Waals surface area contributed by atoms with Crippen LogP contribution in [0.25, 0.3) is 0 Å². The van der Waals surface area contributed by atoms with E-state index in [2.05, 4.69) is 4.98 Å². The van der Waals surface area contributed by atoms with E-state index in [0.717, 1.165) is 24.1 Å². The van der Waals surface area contributed by atoms with E-state index in [0.29, 0.717) is 11.1 Å². The van der Waals surface area contributed by atoms with Crippen LogP contribution in [0.4, 0.5) is 0 Å². The lowest BCUT2D eigenvalue weighted by molar-refractivity contribution is 0.0292. The third kappa shape index (κ3) is 2.70. The van der Waals surface area contributed by atoms with E-state index < -0.39 is 0 Å². The summed E-state index contributed by atoms with van der Waals surface area (Å²) < 4.78 is 5.54. The molecule has 1 heterocycles. The highest BCUT2D eigenvalue weighted by molar-refractivity contribution is 5.96. The average molecular weight is 281 g/mol. The summed E-state index contributed by atoms with van der Waals surface area (Å²) in [6, 6.07) is 10.4. The fourth-order valence-electron chi connectivity index (χ4n) is 2.53. The summed E-state index contributed by atoms with van der Waals surface area (Å²) in [6.45, 7) is 1.49. The molecule has 0 amide bonds. The number of aryl methyl sites for hydroxylation is 1. The van der Waals surface area contributed by atoms with Crippen molar-refractivity contribution in [2.75, 3.05) is 0 Å². The quantitative estimate of drug-likeness (QED) is 0.640. The van der Waals surface area contributed by atoms with Gasteiger partial charge in [-0.1, -0.05) is 18.2 Å². The van der Waals surface area contributed by atoms with Gasteiger partial charge in [0, 0.05) is 11.8 Å². The molecule has 0 saturated carbocycles. The molecule has 0 bridgehead atoms. The second-order valence-electron chi connectivity index (χ2n) is 5.11. The van der Waals surface area contributed by atoms with Gasteiger partial charge >= 0.3 is 5.97 Å². The van der Waals surface area contributed by atoms with Gasteiger partial charge < -0.3 is 4.74 Å². The van der Waals surface area contributed by atoms with Crippen LogP contribution in [0.2, 0.25) is 0 Å². The first-order valence-electron chi connectivity index (χ1n) is 6.91. The molecule has 1 aliphatic carbocycles. The van der Waals surface area contributed by atoms with Crippen LogP contribution in [0, 0.1) is 0 Å². The average Bonchev–Trinajstić information content (AvgIpc) is 2.91. The van der Waals surface area contributed by atoms with Crippen molar-refractivity contribution in [2.45, 2.75) is 25.9 Å². The number of hydrogen-bond donors (Lipinski definition) is 0. The lowest BCUT2D eigenvalue weighted by Crippen LogP contribution is -2.10. The zero-order valence-corrected chi connectivity index (χ0v) is 11.7. The molecule has 0 radical (unpaired) electrons. The Hall–Kier alpha value is -2.49. The molecule has 2 aromatic rings. The van der Waals surface area contributed by atoms with Gasteiger partial charge in [0.1, 0.15) is 6.10 Å². The standard InChI is InChI=1S/C17H15NO3/c1-11(19)12-4-6-14(7-5-12)17(20)21-15-9-8-13-3-2-10-18-16(13)15/h2-7,10,15H,8-9H2,1H3/t15-/m0/s1. The first-order valence-corrected chi connectivity index (χ1v) is 6.91. The second kappa shape index (κ2) is 5.48. The summed E-state index contributed by atoms with van der Waals surface area (Å²) in [5.41, 5.74) is 3.03. The van der Waals surface area contributed by atoms with Gasteiger partial charge in [0.25, 0.3) is 0 Å². The number of ether oxygens (including phenoxy) is 1. The number of carbonyl (C=O) groups excluding carboxylic acids is 2. The number of hydrogen-bond acceptors (Lipinski definition) is 4. The topological polar surface area (TPSA) is 56.3 Å². The van der Waals surface area contributed by atoms with Crippen LogP contribution in [-0.2, 0) is 11.2 Å². The number of carbonyl (C=O) groups is 2. The van der Waals surface area contributed by atoms with E-state index in [1.807, 2.05) is 12.1 Å². The molecule has 1 atom stereocenters. The van der Waals surface area contributed by atoms with E-state index in [1.54, 1.807) is 30.5 Å². The van der Waals surface area contributed by atoms with Gasteiger partial charge in [0.05, 0.1) is 11.3 Å². The monoisotopic (exact) mass is 281 g/mol. The maximum Gasteiger partial charge on any atom is 0.338 e. The normalized spacial score (nSPS) is 16.3. The second-order valence-corrected chi connectivity index (χ2v) is 5.11. The molecule has 1 aliphatic rings. The lowest BCUT2D eigenvalue weighted by atomic mass is 10.1. The molecule has 106 valence electrons. The molecular formula is C17H15NO3. The maximum absolute atomic E-state index is 12.2. The van der Waals surface area contributed by atoms with Gasteiger partial charge in [-0.3, -0.25) is 9.78 Å². The highest BCUT2D eigenvalue weighted by atomic mass is 16.5. The number of Topliss-reactive ketones (excluding diaryl/α,β-unsaturated/α-hetero) is 1. The number of aromatic nitrogens is 1. The maximum atomic E-state index is 12.2. The first-order chi connectivity index (χ1) is 10.1. The summed E-state index contributed by atoms with van der Waals surface area (Å²) >= 11 is 0. The number of nitrogens with zero attached hydrogens (tertiary/aromatic N) is 1. The summed E-state index contributed by atoms with van der Waals surface area (Å²) in [5, 5.41) is 0. The van der Waals surface area contributed by atoms with Crippen LogP contribution in [-0.4, -0.2) is 16.7 Å². The number of pyridine rings is 1. The summed E-state index contributed by atoms with van der Waals surface area (Å²) in [4.78, 5) is 27.7. The van der Waals surface area contributed by atoms with E-state index in [9.17, 15) is 9.59 Å². The Bertz CT molecular complexity index is 691. The van der Waals surface area contributed by atoms with E-state index in [4.69, 9.17) is 4.74 Å². The molecule has 0 N–H and O–H groups in total. The molecule has 0 aliphatic heterocycles. The predicted molar refractivity (Wildman–Crippen MR) is 77.2 cm³/mol. The molecule has 0 spiro atoms. The molecule has 0 fully saturated rings. The van der Waals surface area contributed by atoms with Gasteiger partial charge in [0.15, 0.2) is 5.78 Å². The molecule has 3 rings (SSSR count). The fourth-order valence-corrected chi connectivity index (χ4v) is 2.53. The minimum atomic E-state index is -0.381. The first kappa shape index (κ1) is 13.5. The van der Waals surface area contributed by atoms with Crippen molar-refractivity contribution >= 4 is 11.8 Å². The van der Waals surface area contributed by atoms with Gasteiger partial charge in [-0.2, -0.15) is 0 Å². The van der Waals surface area contributed by atoms with Crippen molar-refractivity contribution in [3.05, 3.63) is 65.0 Å². The van der Waals surface area contributed by atoms with Crippen molar-refractivity contribution in [1.29, 1.82) is 0 Å². The zero-order valence-electron chi connectivity index (χ0n) is 11.7. The Labute approximate surface area is 122 Å². The van der Waals surface area contributed by atoms with Crippen LogP contribution in [0.15, 0.2) is 42.6 Å². The molecule has 21 heavy (non-hydrogen) atoms. The fraction of sp³-hybridized carbons (Fsp3) is 0.235. The number of fused-ring (bicyclic) bond motifs is 1. The van der Waals surface area contributed by atoms with Gasteiger partial charge in [-0.25, -0.2) is 4.79 Å². The van der Waals surface area contributed by atoms with Crippen molar-refractivity contribution < 1.29 is 14.3 Å². The zero-order chi connectivity index (χ0) is 14.8. The van der Waals surface area contributed by atoms with Crippen LogP contribution < -0.4 is 0 Å². The lowest BCUT2D eigenvalue weighted by Gasteiger charge is -2.12. The van der Waals surface area contributed by atoms with E-state index in [1.165, 1.54) is 6.92 Å². The SMILES string of the molecule is CC(=O)c1ccc(C(=O)O[C@H]2CCc3cccnc32)cc1. The summed E-state index contributed by atoms with van der Waals surface area (Å²) in [5.74, 6) is -0.405. The number of esters is 1. The third-order valence-electron chi connectivity index (χ3n) is 3.68. The summed E-state index contributed by atoms with van der Waals surface area (Å²) in [6.07, 6.45) is 3.09. The van der Waals surface area contributed by atoms with Crippen LogP contribution in [0.1, 0.15) is 51.4 Å². The molecule has 1 aromatic carbocycles. The minimum absolute atomic E-state index is 0.0242. The number of rotatable bonds is 3. The third-order valence-corrected chi connectivity index (χ3v) is 3.68. The van der Waals surface area contributed by atoms with Crippen molar-refractivity contribution in [2.24, 2.45) is 0 Å². The Morgan fingerprint density at radius 2 is 1.86 bits per heavy atom. The molecule has 0 unspecified atom stereocenters. The molecular weight excluding hydrogens is 266 g/mol. The molecule has 4 heteroatoms. The summed E-state index contributed by atoms with van der Waals surface area (Å²) in [7, 11) is 0. The Balaban J connectivity index is 1.74. The largest absolute Gasteiger partial charge is 0.452 e. The van der Waals surface area contributed by atoms with Crippen LogP contribution in [0.3, 0.4) is 0 Å². The smallest absolute Gasteiger partial charge is 0.338 e. The van der Waals surface area contributed by atoms with E-state index >= 15 is 0 Å².